The first-order valence-corrected chi connectivity index (χ1v) is 18.1. The number of nitrogens with one attached hydrogen (secondary N) is 3. The van der Waals surface area contributed by atoms with E-state index in [2.05, 4.69) is 21.0 Å². The van der Waals surface area contributed by atoms with E-state index >= 15 is 0 Å². The van der Waals surface area contributed by atoms with Crippen molar-refractivity contribution in [1.82, 2.24) is 35.9 Å². The molecule has 1 aromatic heterocycles. The number of carboxylic acid groups (broad SMARTS) is 1. The van der Waals surface area contributed by atoms with Crippen molar-refractivity contribution in [3.63, 3.8) is 0 Å². The van der Waals surface area contributed by atoms with E-state index in [1.165, 1.54) is 0 Å². The number of carbonyl (C=O) groups is 4. The maximum Gasteiger partial charge on any atom is 0.405 e. The fourth-order valence-corrected chi connectivity index (χ4v) is 6.43. The molecule has 13 nitrogen and oxygen atoms in total. The molecule has 0 aliphatic carbocycles. The van der Waals surface area contributed by atoms with Gasteiger partial charge in [0.2, 0.25) is 5.91 Å². The maximum atomic E-state index is 14.3. The Morgan fingerprint density at radius 2 is 1.48 bits per heavy atom. The number of aliphatic hydroxyl groups excluding tert-OH is 1. The van der Waals surface area contributed by atoms with Crippen LogP contribution in [0.1, 0.15) is 57.2 Å². The van der Waals surface area contributed by atoms with Gasteiger partial charge in [0.05, 0.1) is 12.1 Å². The molecule has 0 bridgehead atoms. The van der Waals surface area contributed by atoms with Gasteiger partial charge in [-0.25, -0.2) is 14.6 Å². The van der Waals surface area contributed by atoms with Crippen LogP contribution >= 0.6 is 0 Å². The Labute approximate surface area is 306 Å². The number of benzene rings is 2. The number of pyridine rings is 1. The number of hydrogen-bond acceptors (Lipinski definition) is 7. The third kappa shape index (κ3) is 11.2. The lowest BCUT2D eigenvalue weighted by Crippen LogP contribution is -2.59. The van der Waals surface area contributed by atoms with Gasteiger partial charge in [0.15, 0.2) is 0 Å². The van der Waals surface area contributed by atoms with Crippen molar-refractivity contribution in [2.45, 2.75) is 84.3 Å². The van der Waals surface area contributed by atoms with Gasteiger partial charge in [-0.05, 0) is 41.0 Å². The zero-order valence-electron chi connectivity index (χ0n) is 30.5. The summed E-state index contributed by atoms with van der Waals surface area (Å²) in [5.74, 6) is -1.39. The first kappa shape index (κ1) is 39.8. The second kappa shape index (κ2) is 19.6. The van der Waals surface area contributed by atoms with Gasteiger partial charge in [-0.1, -0.05) is 107 Å². The van der Waals surface area contributed by atoms with E-state index in [-0.39, 0.29) is 43.3 Å². The van der Waals surface area contributed by atoms with Crippen LogP contribution in [-0.4, -0.2) is 97.8 Å². The Balaban J connectivity index is 1.58. The molecule has 0 unspecified atom stereocenters. The summed E-state index contributed by atoms with van der Waals surface area (Å²) in [5, 5.41) is 28.3. The number of urea groups is 1. The second-order valence-corrected chi connectivity index (χ2v) is 13.6. The first-order chi connectivity index (χ1) is 25.0. The minimum absolute atomic E-state index is 0.0890. The van der Waals surface area contributed by atoms with Crippen LogP contribution in [0.5, 0.6) is 0 Å². The van der Waals surface area contributed by atoms with Crippen LogP contribution in [0.15, 0.2) is 85.2 Å². The van der Waals surface area contributed by atoms with Crippen molar-refractivity contribution in [3.8, 4) is 0 Å². The lowest BCUT2D eigenvalue weighted by Gasteiger charge is -2.35. The van der Waals surface area contributed by atoms with Gasteiger partial charge < -0.3 is 30.6 Å². The van der Waals surface area contributed by atoms with E-state index in [0.29, 0.717) is 32.5 Å². The average Bonchev–Trinajstić information content (AvgIpc) is 3.49. The summed E-state index contributed by atoms with van der Waals surface area (Å²) >= 11 is 0. The topological polar surface area (TPSA) is 167 Å². The number of hydrazine groups is 1. The fraction of sp³-hybridized carbons (Fsp3) is 0.462. The molecule has 1 aliphatic rings. The lowest BCUT2D eigenvalue weighted by molar-refractivity contribution is -0.132. The standard InChI is InChI=1S/C39H53N7O6/c1-5-27(3)34(42-38(50)51)36(48)43-45(25-30-16-11-8-12-17-30)26-33(47)32(22-29-14-9-7-10-15-29)41-37(49)35(28(4)6-2)46-21-20-44(39(46)52)24-31-18-13-19-40-23-31/h7-19,23,27-28,32-35,42,47H,5-6,20-22,24-26H2,1-4H3,(H,41,49)(H,43,48)(H,50,51)/t27-,28-,32-,33-,34-,35-/m0/s1. The molecule has 2 aromatic carbocycles. The number of carbonyl (C=O) groups excluding carboxylic acids is 3. The summed E-state index contributed by atoms with van der Waals surface area (Å²) in [5.41, 5.74) is 5.48. The van der Waals surface area contributed by atoms with Gasteiger partial charge >= 0.3 is 12.1 Å². The molecule has 5 N–H and O–H groups in total. The van der Waals surface area contributed by atoms with Crippen LogP contribution in [0.2, 0.25) is 0 Å². The summed E-state index contributed by atoms with van der Waals surface area (Å²) in [6.45, 7) is 8.94. The van der Waals surface area contributed by atoms with Crippen molar-refractivity contribution in [1.29, 1.82) is 0 Å². The second-order valence-electron chi connectivity index (χ2n) is 13.6. The Kier molecular flexibility index (Phi) is 15.0. The molecule has 0 spiro atoms. The van der Waals surface area contributed by atoms with Gasteiger partial charge in [-0.2, -0.15) is 0 Å². The van der Waals surface area contributed by atoms with E-state index in [9.17, 15) is 29.4 Å². The molecule has 13 heteroatoms. The highest BCUT2D eigenvalue weighted by molar-refractivity contribution is 5.88. The lowest BCUT2D eigenvalue weighted by atomic mass is 9.95. The maximum absolute atomic E-state index is 14.3. The van der Waals surface area contributed by atoms with Crippen molar-refractivity contribution < 1.29 is 29.4 Å². The molecule has 280 valence electrons. The van der Waals surface area contributed by atoms with Crippen molar-refractivity contribution >= 4 is 23.9 Å². The number of aromatic nitrogens is 1. The molecular formula is C39H53N7O6. The third-order valence-electron chi connectivity index (χ3n) is 9.77. The summed E-state index contributed by atoms with van der Waals surface area (Å²) in [6.07, 6.45) is 2.40. The predicted molar refractivity (Wildman–Crippen MR) is 197 cm³/mol. The number of amides is 5. The Morgan fingerprint density at radius 1 is 0.846 bits per heavy atom. The van der Waals surface area contributed by atoms with Crippen molar-refractivity contribution in [2.24, 2.45) is 11.8 Å². The van der Waals surface area contributed by atoms with Crippen LogP contribution in [0.3, 0.4) is 0 Å². The predicted octanol–water partition coefficient (Wildman–Crippen LogP) is 4.04. The van der Waals surface area contributed by atoms with Gasteiger partial charge in [0.25, 0.3) is 5.91 Å². The molecule has 5 amide bonds. The summed E-state index contributed by atoms with van der Waals surface area (Å²) in [4.78, 5) is 60.6. The normalized spacial score (nSPS) is 16.5. The number of nitrogens with zero attached hydrogens (tertiary/aromatic N) is 4. The van der Waals surface area contributed by atoms with Gasteiger partial charge in [-0.3, -0.25) is 20.0 Å². The van der Waals surface area contributed by atoms with Gasteiger partial charge in [0.1, 0.15) is 12.1 Å². The molecule has 0 saturated carbocycles. The van der Waals surface area contributed by atoms with Gasteiger partial charge in [-0.15, -0.1) is 0 Å². The van der Waals surface area contributed by atoms with Crippen LogP contribution in [0.4, 0.5) is 9.59 Å². The molecule has 2 heterocycles. The Hall–Kier alpha value is -5.01. The van der Waals surface area contributed by atoms with E-state index in [1.807, 2.05) is 93.6 Å². The molecule has 52 heavy (non-hydrogen) atoms. The van der Waals surface area contributed by atoms with E-state index < -0.39 is 36.2 Å². The monoisotopic (exact) mass is 715 g/mol. The molecule has 6 atom stereocenters. The molecule has 3 aromatic rings. The van der Waals surface area contributed by atoms with Crippen LogP contribution in [-0.2, 0) is 29.1 Å². The zero-order valence-corrected chi connectivity index (χ0v) is 30.5. The fourth-order valence-electron chi connectivity index (χ4n) is 6.43. The summed E-state index contributed by atoms with van der Waals surface area (Å²) in [7, 11) is 0. The smallest absolute Gasteiger partial charge is 0.405 e. The number of rotatable bonds is 19. The zero-order chi connectivity index (χ0) is 37.6. The van der Waals surface area contributed by atoms with Crippen LogP contribution < -0.4 is 16.1 Å². The SMILES string of the molecule is CC[C@H](C)[C@H](NC(=O)O)C(=O)NN(Cc1ccccc1)C[C@H](O)[C@H](Cc1ccccc1)NC(=O)[C@H]([C@@H](C)CC)N1CCN(Cc2cccnc2)C1=O. The minimum Gasteiger partial charge on any atom is -0.465 e. The molecule has 1 fully saturated rings. The average molecular weight is 716 g/mol. The molecule has 1 saturated heterocycles. The van der Waals surface area contributed by atoms with Crippen molar-refractivity contribution in [3.05, 3.63) is 102 Å². The quantitative estimate of drug-likeness (QED) is 0.116. The summed E-state index contributed by atoms with van der Waals surface area (Å²) < 4.78 is 0. The number of hydrogen-bond donors (Lipinski definition) is 5. The highest BCUT2D eigenvalue weighted by atomic mass is 16.4. The molecule has 1 aliphatic heterocycles. The largest absolute Gasteiger partial charge is 0.465 e. The van der Waals surface area contributed by atoms with E-state index in [4.69, 9.17) is 0 Å². The minimum atomic E-state index is -1.31. The number of aliphatic hydroxyl groups is 1. The molecule has 0 radical (unpaired) electrons. The van der Waals surface area contributed by atoms with Crippen molar-refractivity contribution in [2.75, 3.05) is 19.6 Å². The Morgan fingerprint density at radius 3 is 2.08 bits per heavy atom. The van der Waals surface area contributed by atoms with Gasteiger partial charge in [0, 0.05) is 45.1 Å². The third-order valence-corrected chi connectivity index (χ3v) is 9.77. The Bertz CT molecular complexity index is 1580. The highest BCUT2D eigenvalue weighted by Gasteiger charge is 2.41. The highest BCUT2D eigenvalue weighted by Crippen LogP contribution is 2.23. The first-order valence-electron chi connectivity index (χ1n) is 18.1. The summed E-state index contributed by atoms with van der Waals surface area (Å²) in [6, 6.07) is 19.8. The van der Waals surface area contributed by atoms with E-state index in [1.54, 1.807) is 34.1 Å². The van der Waals surface area contributed by atoms with Crippen LogP contribution in [0.25, 0.3) is 0 Å². The van der Waals surface area contributed by atoms with E-state index in [0.717, 1.165) is 16.7 Å². The molecular weight excluding hydrogens is 662 g/mol. The molecule has 4 rings (SSSR count). The van der Waals surface area contributed by atoms with Crippen LogP contribution in [0, 0.1) is 11.8 Å².